The van der Waals surface area contributed by atoms with Crippen LogP contribution in [-0.2, 0) is 4.74 Å². The predicted molar refractivity (Wildman–Crippen MR) is 70.5 cm³/mol. The zero-order valence-corrected chi connectivity index (χ0v) is 11.4. The largest absolute Gasteiger partial charge is 0.496 e. The van der Waals surface area contributed by atoms with Crippen LogP contribution in [0.4, 0.5) is 0 Å². The highest BCUT2D eigenvalue weighted by atomic mass is 16.5. The minimum atomic E-state index is -0.0976. The molecule has 0 bridgehead atoms. The fraction of sp³-hybridized carbons (Fsp3) is 0.571. The number of aryl methyl sites for hydroxylation is 2. The molecule has 1 aromatic rings. The summed E-state index contributed by atoms with van der Waals surface area (Å²) < 4.78 is 10.8. The molecule has 96 valence electrons. The number of hydrogen-bond acceptors (Lipinski definition) is 3. The Morgan fingerprint density at radius 3 is 2.41 bits per heavy atom. The normalized spacial score (nSPS) is 14.5. The van der Waals surface area contributed by atoms with E-state index in [4.69, 9.17) is 15.2 Å². The van der Waals surface area contributed by atoms with Crippen molar-refractivity contribution in [3.05, 3.63) is 28.8 Å². The first-order valence-electron chi connectivity index (χ1n) is 6.03. The van der Waals surface area contributed by atoms with E-state index in [0.29, 0.717) is 6.61 Å². The van der Waals surface area contributed by atoms with Gasteiger partial charge in [-0.05, 0) is 50.5 Å². The molecule has 0 heterocycles. The van der Waals surface area contributed by atoms with E-state index in [9.17, 15) is 0 Å². The third-order valence-electron chi connectivity index (χ3n) is 3.08. The Hall–Kier alpha value is -1.06. The molecule has 0 saturated carbocycles. The number of methoxy groups -OCH3 is 1. The molecule has 2 N–H and O–H groups in total. The fourth-order valence-corrected chi connectivity index (χ4v) is 2.01. The second-order valence-corrected chi connectivity index (χ2v) is 4.36. The van der Waals surface area contributed by atoms with Gasteiger partial charge in [-0.3, -0.25) is 0 Å². The molecular formula is C14H23NO2. The molecule has 0 spiro atoms. The molecule has 0 radical (unpaired) electrons. The van der Waals surface area contributed by atoms with Crippen LogP contribution in [0.25, 0.3) is 0 Å². The number of hydrogen-bond donors (Lipinski definition) is 1. The highest BCUT2D eigenvalue weighted by Crippen LogP contribution is 2.27. The molecule has 0 aromatic heterocycles. The summed E-state index contributed by atoms with van der Waals surface area (Å²) in [6.07, 6.45) is 0.0199. The van der Waals surface area contributed by atoms with Gasteiger partial charge in [0, 0.05) is 6.61 Å². The average molecular weight is 237 g/mol. The van der Waals surface area contributed by atoms with E-state index in [-0.39, 0.29) is 12.1 Å². The second kappa shape index (κ2) is 6.03. The molecule has 0 aliphatic carbocycles. The summed E-state index contributed by atoms with van der Waals surface area (Å²) in [5, 5.41) is 0. The van der Waals surface area contributed by atoms with Gasteiger partial charge in [0.2, 0.25) is 0 Å². The van der Waals surface area contributed by atoms with E-state index in [1.807, 2.05) is 26.8 Å². The molecule has 3 nitrogen and oxygen atoms in total. The van der Waals surface area contributed by atoms with Crippen molar-refractivity contribution in [2.24, 2.45) is 5.73 Å². The van der Waals surface area contributed by atoms with Crippen LogP contribution in [0, 0.1) is 13.8 Å². The van der Waals surface area contributed by atoms with Crippen molar-refractivity contribution in [1.82, 2.24) is 0 Å². The molecule has 2 unspecified atom stereocenters. The molecule has 3 heteroatoms. The summed E-state index contributed by atoms with van der Waals surface area (Å²) >= 11 is 0. The second-order valence-electron chi connectivity index (χ2n) is 4.36. The first kappa shape index (κ1) is 14.0. The molecule has 1 rings (SSSR count). The first-order chi connectivity index (χ1) is 8.01. The van der Waals surface area contributed by atoms with Crippen LogP contribution in [0.2, 0.25) is 0 Å². The Labute approximate surface area is 104 Å². The summed E-state index contributed by atoms with van der Waals surface area (Å²) in [6, 6.07) is 4.02. The van der Waals surface area contributed by atoms with Gasteiger partial charge in [0.1, 0.15) is 5.75 Å². The van der Waals surface area contributed by atoms with E-state index < -0.39 is 0 Å². The van der Waals surface area contributed by atoms with Crippen molar-refractivity contribution in [2.75, 3.05) is 13.7 Å². The van der Waals surface area contributed by atoms with E-state index in [1.165, 1.54) is 0 Å². The van der Waals surface area contributed by atoms with Gasteiger partial charge in [-0.15, -0.1) is 0 Å². The molecule has 0 fully saturated rings. The SMILES string of the molecule is CCOC(C)C(N)c1cc(C)c(OC)cc1C. The summed E-state index contributed by atoms with van der Waals surface area (Å²) in [4.78, 5) is 0. The molecule has 0 aliphatic heterocycles. The molecule has 17 heavy (non-hydrogen) atoms. The van der Waals surface area contributed by atoms with E-state index >= 15 is 0 Å². The van der Waals surface area contributed by atoms with Crippen molar-refractivity contribution in [2.45, 2.75) is 39.8 Å². The van der Waals surface area contributed by atoms with Crippen molar-refractivity contribution < 1.29 is 9.47 Å². The number of nitrogens with two attached hydrogens (primary N) is 1. The number of ether oxygens (including phenoxy) is 2. The molecule has 0 aliphatic rings. The van der Waals surface area contributed by atoms with Gasteiger partial charge >= 0.3 is 0 Å². The fourth-order valence-electron chi connectivity index (χ4n) is 2.01. The van der Waals surface area contributed by atoms with Gasteiger partial charge in [0.25, 0.3) is 0 Å². The van der Waals surface area contributed by atoms with Gasteiger partial charge in [-0.2, -0.15) is 0 Å². The number of rotatable bonds is 5. The van der Waals surface area contributed by atoms with E-state index in [2.05, 4.69) is 13.0 Å². The monoisotopic (exact) mass is 237 g/mol. The standard InChI is InChI=1S/C14H23NO2/c1-6-17-11(4)14(15)12-7-10(3)13(16-5)8-9(12)2/h7-8,11,14H,6,15H2,1-5H3. The first-order valence-corrected chi connectivity index (χ1v) is 6.03. The molecule has 2 atom stereocenters. The highest BCUT2D eigenvalue weighted by molar-refractivity contribution is 5.43. The van der Waals surface area contributed by atoms with Crippen LogP contribution in [-0.4, -0.2) is 19.8 Å². The van der Waals surface area contributed by atoms with Gasteiger partial charge < -0.3 is 15.2 Å². The van der Waals surface area contributed by atoms with Crippen molar-refractivity contribution >= 4 is 0 Å². The Morgan fingerprint density at radius 2 is 1.88 bits per heavy atom. The van der Waals surface area contributed by atoms with Crippen LogP contribution in [0.15, 0.2) is 12.1 Å². The summed E-state index contributed by atoms with van der Waals surface area (Å²) in [6.45, 7) is 8.75. The zero-order valence-electron chi connectivity index (χ0n) is 11.4. The van der Waals surface area contributed by atoms with Crippen LogP contribution < -0.4 is 10.5 Å². The van der Waals surface area contributed by atoms with Gasteiger partial charge in [-0.25, -0.2) is 0 Å². The van der Waals surface area contributed by atoms with Crippen LogP contribution >= 0.6 is 0 Å². The lowest BCUT2D eigenvalue weighted by atomic mass is 9.96. The third-order valence-corrected chi connectivity index (χ3v) is 3.08. The van der Waals surface area contributed by atoms with Crippen LogP contribution in [0.1, 0.15) is 36.6 Å². The van der Waals surface area contributed by atoms with Gasteiger partial charge in [-0.1, -0.05) is 6.07 Å². The minimum absolute atomic E-state index is 0.0199. The molecular weight excluding hydrogens is 214 g/mol. The highest BCUT2D eigenvalue weighted by Gasteiger charge is 2.18. The predicted octanol–water partition coefficient (Wildman–Crippen LogP) is 2.74. The Kier molecular flexibility index (Phi) is 4.97. The minimum Gasteiger partial charge on any atom is -0.496 e. The van der Waals surface area contributed by atoms with E-state index in [1.54, 1.807) is 7.11 Å². The average Bonchev–Trinajstić information content (AvgIpc) is 2.31. The van der Waals surface area contributed by atoms with Crippen molar-refractivity contribution in [1.29, 1.82) is 0 Å². The lowest BCUT2D eigenvalue weighted by molar-refractivity contribution is 0.0573. The zero-order chi connectivity index (χ0) is 13.0. The van der Waals surface area contributed by atoms with E-state index in [0.717, 1.165) is 22.4 Å². The molecule has 0 amide bonds. The number of benzene rings is 1. The third kappa shape index (κ3) is 3.20. The Balaban J connectivity index is 3.01. The smallest absolute Gasteiger partial charge is 0.122 e. The van der Waals surface area contributed by atoms with Crippen molar-refractivity contribution in [3.8, 4) is 5.75 Å². The summed E-state index contributed by atoms with van der Waals surface area (Å²) in [7, 11) is 1.68. The van der Waals surface area contributed by atoms with Crippen LogP contribution in [0.3, 0.4) is 0 Å². The topological polar surface area (TPSA) is 44.5 Å². The summed E-state index contributed by atoms with van der Waals surface area (Å²) in [5.41, 5.74) is 9.60. The lowest BCUT2D eigenvalue weighted by Gasteiger charge is -2.23. The Bertz CT molecular complexity index is 377. The van der Waals surface area contributed by atoms with Crippen LogP contribution in [0.5, 0.6) is 5.75 Å². The quantitative estimate of drug-likeness (QED) is 0.856. The molecule has 0 saturated heterocycles. The maximum absolute atomic E-state index is 6.22. The lowest BCUT2D eigenvalue weighted by Crippen LogP contribution is -2.27. The Morgan fingerprint density at radius 1 is 1.24 bits per heavy atom. The molecule has 1 aromatic carbocycles. The maximum atomic E-state index is 6.22. The van der Waals surface area contributed by atoms with Gasteiger partial charge in [0.05, 0.1) is 19.3 Å². The van der Waals surface area contributed by atoms with Gasteiger partial charge in [0.15, 0.2) is 0 Å². The summed E-state index contributed by atoms with van der Waals surface area (Å²) in [5.74, 6) is 0.905. The maximum Gasteiger partial charge on any atom is 0.122 e. The van der Waals surface area contributed by atoms with Crippen molar-refractivity contribution in [3.63, 3.8) is 0 Å².